The van der Waals surface area contributed by atoms with Gasteiger partial charge in [-0.1, -0.05) is 13.8 Å². The average Bonchev–Trinajstić information content (AvgIpc) is 4.22. The maximum atomic E-state index is 8.54. The molecule has 1 aliphatic heterocycles. The molecule has 0 N–H and O–H groups in total. The van der Waals surface area contributed by atoms with Crippen LogP contribution in [0.1, 0.15) is 42.5 Å². The van der Waals surface area contributed by atoms with E-state index in [4.69, 9.17) is 9.47 Å². The second-order valence-electron chi connectivity index (χ2n) is 25.4. The highest BCUT2D eigenvalue weighted by Gasteiger charge is 2.77. The van der Waals surface area contributed by atoms with Crippen molar-refractivity contribution in [1.82, 2.24) is 0 Å². The van der Waals surface area contributed by atoms with Crippen LogP contribution in [0.3, 0.4) is 0 Å². The summed E-state index contributed by atoms with van der Waals surface area (Å²) in [6.45, 7) is 5.62. The van der Waals surface area contributed by atoms with E-state index >= 15 is 0 Å². The molecule has 2 atom stereocenters. The van der Waals surface area contributed by atoms with Gasteiger partial charge in [0.25, 0.3) is 0 Å². The molecule has 0 amide bonds. The van der Waals surface area contributed by atoms with Crippen molar-refractivity contribution in [2.75, 3.05) is 6.61 Å². The fourth-order valence-corrected chi connectivity index (χ4v) is 25.1. The van der Waals surface area contributed by atoms with Crippen LogP contribution < -0.4 is 0 Å². The summed E-state index contributed by atoms with van der Waals surface area (Å²) in [5, 5.41) is 88.2. The lowest BCUT2D eigenvalue weighted by Crippen LogP contribution is -2.51. The minimum Gasteiger partial charge on any atom is -0.352 e. The molecule has 2 nitrogen and oxygen atoms in total. The van der Waals surface area contributed by atoms with Crippen molar-refractivity contribution in [3.8, 4) is 0 Å². The predicted molar refractivity (Wildman–Crippen MR) is 284 cm³/mol. The lowest BCUT2D eigenvalue weighted by atomic mass is 9.51. The summed E-state index contributed by atoms with van der Waals surface area (Å²) in [6, 6.07) is 0. The smallest absolute Gasteiger partial charge is 0.163 e. The van der Waals surface area contributed by atoms with E-state index in [0.29, 0.717) is 0 Å². The molecule has 68 heavy (non-hydrogen) atoms. The first-order valence-corrected chi connectivity index (χ1v) is 25.9. The van der Waals surface area contributed by atoms with Gasteiger partial charge in [0.2, 0.25) is 0 Å². The van der Waals surface area contributed by atoms with Crippen molar-refractivity contribution in [2.45, 2.75) is 37.6 Å². The van der Waals surface area contributed by atoms with E-state index in [1.165, 1.54) is 0 Å². The maximum absolute atomic E-state index is 8.54. The molecule has 5 aliphatic rings. The van der Waals surface area contributed by atoms with E-state index in [1.807, 2.05) is 0 Å². The molecule has 28 aromatic carbocycles. The molecule has 28 aromatic rings. The zero-order valence-electron chi connectivity index (χ0n) is 35.4. The highest BCUT2D eigenvalue weighted by molar-refractivity contribution is 6.82. The Balaban J connectivity index is 1.21. The standard InChI is InChI=1S/C66H12O2/c1-3-4-67-64-5(2)65-60-52-44-34-24-16-8-6-7-10-14-12(8)20-28-22(14)32-26-18(10)19-11(7)15-13-9(6)17(16)25-31-21(13)29-23(15)33-27(19)37-36(26)48-42(32)50-40(28)46(38(44)30(20)24)54(60)56(50)62-58(48)59-49(37)43(33)51-41(29)47-39(31)45(35(25)34)53(52)61(65)55(47)57(51)63(59)66(62,65)68-64/h5,64H,3-4H2,1-2H3/t5-,64+,65?,66?/m0/s1. The van der Waals surface area contributed by atoms with Crippen LogP contribution in [0.4, 0.5) is 0 Å². The number of rotatable bonds is 3. The first-order valence-electron chi connectivity index (χ1n) is 25.9. The zero-order chi connectivity index (χ0) is 40.5. The Morgan fingerprint density at radius 1 is 0.279 bits per heavy atom. The van der Waals surface area contributed by atoms with Gasteiger partial charge < -0.3 is 9.47 Å². The second-order valence-corrected chi connectivity index (χ2v) is 25.4. The third kappa shape index (κ3) is 1.30. The molecule has 4 aliphatic carbocycles. The van der Waals surface area contributed by atoms with Crippen molar-refractivity contribution in [3.63, 3.8) is 0 Å². The maximum Gasteiger partial charge on any atom is 0.163 e. The van der Waals surface area contributed by atoms with E-state index in [1.54, 1.807) is 313 Å². The van der Waals surface area contributed by atoms with Crippen LogP contribution in [0.5, 0.6) is 0 Å². The predicted octanol–water partition coefficient (Wildman–Crippen LogP) is 17.7. The van der Waals surface area contributed by atoms with Gasteiger partial charge in [0.05, 0.1) is 5.41 Å². The topological polar surface area (TPSA) is 18.5 Å². The van der Waals surface area contributed by atoms with Crippen LogP contribution in [0, 0.1) is 5.92 Å². The van der Waals surface area contributed by atoms with E-state index < -0.39 is 11.0 Å². The molecule has 1 saturated heterocycles. The average molecular weight is 837 g/mol. The van der Waals surface area contributed by atoms with E-state index in [9.17, 15) is 0 Å². The number of ether oxygens (including phenoxy) is 2. The molecule has 0 bridgehead atoms. The Morgan fingerprint density at radius 3 is 0.647 bits per heavy atom. The largest absolute Gasteiger partial charge is 0.352 e. The fourth-order valence-electron chi connectivity index (χ4n) is 25.1. The van der Waals surface area contributed by atoms with E-state index in [2.05, 4.69) is 13.8 Å². The van der Waals surface area contributed by atoms with Crippen LogP contribution in [-0.4, -0.2) is 12.9 Å². The molecule has 288 valence electrons. The summed E-state index contributed by atoms with van der Waals surface area (Å²) >= 11 is 0. The van der Waals surface area contributed by atoms with Gasteiger partial charge in [-0.05, 0) is 308 Å². The van der Waals surface area contributed by atoms with Gasteiger partial charge in [0.1, 0.15) is 5.60 Å². The van der Waals surface area contributed by atoms with Gasteiger partial charge in [-0.2, -0.15) is 0 Å². The Kier molecular flexibility index (Phi) is 2.14. The SMILES string of the molecule is CCCO[C@@H]1OC23c4c5c6c7c8c9c(c%10c%11c2c2c4c4c%12c5c5c6c6c8c8c%13c9c9c%10c%10c%11c%11c2c2c4c4c%12c%12c5c5c6c8c6c8c%13c9c9c%10c%10c%11c2c2c4c4c%12c5c6c5c8c9c%10c2c45)C73[C@H]1C. The normalized spacial score (nSPS) is 25.1. The van der Waals surface area contributed by atoms with Crippen LogP contribution in [0.2, 0.25) is 0 Å². The molecule has 1 fully saturated rings. The first kappa shape index (κ1) is 25.5. The Hall–Kier alpha value is -7.62. The molecular formula is C66H12O2. The third-order valence-corrected chi connectivity index (χ3v) is 25.2. The van der Waals surface area contributed by atoms with Gasteiger partial charge in [-0.15, -0.1) is 0 Å². The summed E-state index contributed by atoms with van der Waals surface area (Å²) in [7, 11) is 0. The van der Waals surface area contributed by atoms with Crippen LogP contribution >= 0.6 is 0 Å². The van der Waals surface area contributed by atoms with Crippen molar-refractivity contribution < 1.29 is 9.47 Å². The summed E-state index contributed by atoms with van der Waals surface area (Å²) < 4.78 is 15.8. The second kappa shape index (κ2) is 5.70. The summed E-state index contributed by atoms with van der Waals surface area (Å²) in [4.78, 5) is 0. The summed E-state index contributed by atoms with van der Waals surface area (Å²) in [5.41, 5.74) is 5.38. The van der Waals surface area contributed by atoms with Crippen molar-refractivity contribution in [3.05, 3.63) is 22.3 Å². The van der Waals surface area contributed by atoms with Crippen molar-refractivity contribution in [1.29, 1.82) is 0 Å². The third-order valence-electron chi connectivity index (χ3n) is 25.2. The summed E-state index contributed by atoms with van der Waals surface area (Å²) in [5.74, 6) is 0.116. The van der Waals surface area contributed by atoms with Crippen LogP contribution in [-0.2, 0) is 20.5 Å². The first-order chi connectivity index (χ1) is 33.8. The molecule has 2 spiro atoms. The molecule has 0 aromatic heterocycles. The van der Waals surface area contributed by atoms with Crippen molar-refractivity contribution >= 4 is 291 Å². The van der Waals surface area contributed by atoms with Gasteiger partial charge in [0.15, 0.2) is 6.29 Å². The van der Waals surface area contributed by atoms with Gasteiger partial charge in [0, 0.05) is 23.7 Å². The lowest BCUT2D eigenvalue weighted by Gasteiger charge is -2.50. The molecule has 1 heterocycles. The number of benzene rings is 18. The number of hydrogen-bond acceptors (Lipinski definition) is 2. The zero-order valence-corrected chi connectivity index (χ0v) is 35.4. The Bertz CT molecular complexity index is 6880. The highest BCUT2D eigenvalue weighted by atomic mass is 16.7. The number of hydrogen-bond donors (Lipinski definition) is 0. The monoisotopic (exact) mass is 836 g/mol. The van der Waals surface area contributed by atoms with Gasteiger partial charge in [-0.25, -0.2) is 0 Å². The molecule has 33 rings (SSSR count). The molecular weight excluding hydrogens is 825 g/mol. The minimum absolute atomic E-state index is 0.116. The van der Waals surface area contributed by atoms with E-state index in [-0.39, 0.29) is 12.2 Å². The summed E-state index contributed by atoms with van der Waals surface area (Å²) in [6.07, 6.45) is 0.679. The Morgan fingerprint density at radius 2 is 0.456 bits per heavy atom. The lowest BCUT2D eigenvalue weighted by molar-refractivity contribution is -0.170. The van der Waals surface area contributed by atoms with E-state index in [0.717, 1.165) is 13.0 Å². The highest BCUT2D eigenvalue weighted by Crippen LogP contribution is 2.86. The molecule has 0 unspecified atom stereocenters. The Labute approximate surface area is 370 Å². The quantitative estimate of drug-likeness (QED) is 0.165. The molecule has 0 saturated carbocycles. The van der Waals surface area contributed by atoms with Gasteiger partial charge >= 0.3 is 0 Å². The fraction of sp³-hybridized carbons (Fsp3) is 0.121. The van der Waals surface area contributed by atoms with Crippen molar-refractivity contribution in [2.24, 2.45) is 5.92 Å². The van der Waals surface area contributed by atoms with Gasteiger partial charge in [-0.3, -0.25) is 0 Å². The van der Waals surface area contributed by atoms with Crippen LogP contribution in [0.15, 0.2) is 0 Å². The molecule has 2 heteroatoms. The van der Waals surface area contributed by atoms with Crippen LogP contribution in [0.25, 0.3) is 291 Å². The minimum atomic E-state index is -0.684. The molecule has 0 radical (unpaired) electrons.